The largest absolute Gasteiger partial charge is 0.389 e. The summed E-state index contributed by atoms with van der Waals surface area (Å²) in [5.74, 6) is -0.0962. The van der Waals surface area contributed by atoms with Crippen LogP contribution in [0.15, 0.2) is 0 Å². The maximum atomic E-state index is 12.2. The quantitative estimate of drug-likeness (QED) is 0.750. The maximum absolute atomic E-state index is 12.2. The van der Waals surface area contributed by atoms with Gasteiger partial charge in [0.05, 0.1) is 18.8 Å². The molecule has 0 saturated carbocycles. The van der Waals surface area contributed by atoms with E-state index in [4.69, 9.17) is 4.74 Å². The minimum absolute atomic E-state index is 0.0127. The van der Waals surface area contributed by atoms with Gasteiger partial charge >= 0.3 is 6.18 Å². The number of ether oxygens (including phenoxy) is 1. The number of halogens is 3. The zero-order valence-corrected chi connectivity index (χ0v) is 11.6. The first kappa shape index (κ1) is 16.4. The summed E-state index contributed by atoms with van der Waals surface area (Å²) >= 11 is 0. The normalized spacial score (nSPS) is 21.1. The van der Waals surface area contributed by atoms with Crippen molar-refractivity contribution >= 4 is 5.78 Å². The standard InChI is InChI=1S/C13H22F3NO2/c1-3-12(2,17-7-9-19-10-8-17)11(18)5-4-6-13(14,15)16/h3-10H2,1-2H3. The summed E-state index contributed by atoms with van der Waals surface area (Å²) in [6, 6.07) is 0. The van der Waals surface area contributed by atoms with Gasteiger partial charge in [0.25, 0.3) is 0 Å². The van der Waals surface area contributed by atoms with Gasteiger partial charge < -0.3 is 4.74 Å². The lowest BCUT2D eigenvalue weighted by molar-refractivity contribution is -0.141. The number of hydrogen-bond acceptors (Lipinski definition) is 3. The van der Waals surface area contributed by atoms with E-state index in [0.29, 0.717) is 32.7 Å². The van der Waals surface area contributed by atoms with Gasteiger partial charge in [0.2, 0.25) is 0 Å². The predicted octanol–water partition coefficient (Wildman–Crippen LogP) is 2.79. The van der Waals surface area contributed by atoms with Crippen LogP contribution in [-0.2, 0) is 9.53 Å². The second kappa shape index (κ2) is 6.70. The highest BCUT2D eigenvalue weighted by molar-refractivity contribution is 5.87. The Morgan fingerprint density at radius 1 is 1.26 bits per heavy atom. The van der Waals surface area contributed by atoms with E-state index in [1.807, 2.05) is 18.7 Å². The molecule has 1 atom stereocenters. The zero-order chi connectivity index (χ0) is 14.5. The molecule has 19 heavy (non-hydrogen) atoms. The Hall–Kier alpha value is -0.620. The summed E-state index contributed by atoms with van der Waals surface area (Å²) in [4.78, 5) is 14.3. The zero-order valence-electron chi connectivity index (χ0n) is 11.6. The molecule has 1 aliphatic heterocycles. The molecule has 1 aliphatic rings. The Labute approximate surface area is 112 Å². The van der Waals surface area contributed by atoms with Crippen LogP contribution >= 0.6 is 0 Å². The Morgan fingerprint density at radius 2 is 1.84 bits per heavy atom. The molecule has 112 valence electrons. The molecule has 6 heteroatoms. The maximum Gasteiger partial charge on any atom is 0.389 e. The number of nitrogens with zero attached hydrogens (tertiary/aromatic N) is 1. The molecule has 0 aliphatic carbocycles. The fourth-order valence-corrected chi connectivity index (χ4v) is 2.37. The third-order valence-corrected chi connectivity index (χ3v) is 3.86. The van der Waals surface area contributed by atoms with Gasteiger partial charge in [-0.2, -0.15) is 13.2 Å². The van der Waals surface area contributed by atoms with E-state index in [1.54, 1.807) is 0 Å². The SMILES string of the molecule is CCC(C)(C(=O)CCCC(F)(F)F)N1CCOCC1. The molecule has 3 nitrogen and oxygen atoms in total. The van der Waals surface area contributed by atoms with E-state index >= 15 is 0 Å². The van der Waals surface area contributed by atoms with Crippen molar-refractivity contribution in [2.75, 3.05) is 26.3 Å². The third kappa shape index (κ3) is 4.76. The van der Waals surface area contributed by atoms with Crippen molar-refractivity contribution in [3.63, 3.8) is 0 Å². The average molecular weight is 281 g/mol. The van der Waals surface area contributed by atoms with Crippen LogP contribution in [0.2, 0.25) is 0 Å². The van der Waals surface area contributed by atoms with Crippen LogP contribution in [0.4, 0.5) is 13.2 Å². The number of carbonyl (C=O) groups is 1. The van der Waals surface area contributed by atoms with Crippen LogP contribution in [0.5, 0.6) is 0 Å². The van der Waals surface area contributed by atoms with E-state index in [0.717, 1.165) is 0 Å². The number of rotatable bonds is 6. The number of Topliss-reactive ketones (excluding diaryl/α,β-unsaturated/α-hetero) is 1. The molecule has 1 saturated heterocycles. The van der Waals surface area contributed by atoms with Crippen molar-refractivity contribution in [2.24, 2.45) is 0 Å². The first-order valence-electron chi connectivity index (χ1n) is 6.72. The van der Waals surface area contributed by atoms with Crippen LogP contribution in [0, 0.1) is 0 Å². The van der Waals surface area contributed by atoms with Crippen LogP contribution < -0.4 is 0 Å². The van der Waals surface area contributed by atoms with E-state index < -0.39 is 18.1 Å². The monoisotopic (exact) mass is 281 g/mol. The Kier molecular flexibility index (Phi) is 5.80. The molecule has 1 unspecified atom stereocenters. The lowest BCUT2D eigenvalue weighted by atomic mass is 9.87. The highest BCUT2D eigenvalue weighted by Gasteiger charge is 2.38. The molecule has 1 rings (SSSR count). The summed E-state index contributed by atoms with van der Waals surface area (Å²) in [6.07, 6.45) is -4.59. The molecule has 0 aromatic rings. The van der Waals surface area contributed by atoms with Crippen molar-refractivity contribution < 1.29 is 22.7 Å². The van der Waals surface area contributed by atoms with E-state index in [-0.39, 0.29) is 18.6 Å². The van der Waals surface area contributed by atoms with Crippen LogP contribution in [-0.4, -0.2) is 48.7 Å². The van der Waals surface area contributed by atoms with Crippen molar-refractivity contribution in [3.05, 3.63) is 0 Å². The summed E-state index contributed by atoms with van der Waals surface area (Å²) < 4.78 is 41.5. The molecule has 0 aromatic heterocycles. The smallest absolute Gasteiger partial charge is 0.379 e. The topological polar surface area (TPSA) is 29.5 Å². The minimum Gasteiger partial charge on any atom is -0.379 e. The molecule has 0 amide bonds. The predicted molar refractivity (Wildman–Crippen MR) is 66.0 cm³/mol. The summed E-state index contributed by atoms with van der Waals surface area (Å²) in [6.45, 7) is 6.20. The average Bonchev–Trinajstić information content (AvgIpc) is 2.37. The van der Waals surface area contributed by atoms with Gasteiger partial charge in [-0.05, 0) is 19.8 Å². The van der Waals surface area contributed by atoms with E-state index in [1.165, 1.54) is 0 Å². The number of hydrogen-bond donors (Lipinski definition) is 0. The van der Waals surface area contributed by atoms with Crippen molar-refractivity contribution in [2.45, 2.75) is 51.2 Å². The van der Waals surface area contributed by atoms with Gasteiger partial charge in [-0.1, -0.05) is 6.92 Å². The lowest BCUT2D eigenvalue weighted by Gasteiger charge is -2.41. The molecular weight excluding hydrogens is 259 g/mol. The third-order valence-electron chi connectivity index (χ3n) is 3.86. The first-order chi connectivity index (χ1) is 8.79. The highest BCUT2D eigenvalue weighted by atomic mass is 19.4. The second-order valence-electron chi connectivity index (χ2n) is 5.12. The molecule has 1 heterocycles. The van der Waals surface area contributed by atoms with Gasteiger partial charge in [-0.3, -0.25) is 9.69 Å². The number of morpholine rings is 1. The van der Waals surface area contributed by atoms with Gasteiger partial charge in [0.1, 0.15) is 0 Å². The van der Waals surface area contributed by atoms with Crippen molar-refractivity contribution in [1.29, 1.82) is 0 Å². The van der Waals surface area contributed by atoms with Crippen LogP contribution in [0.1, 0.15) is 39.5 Å². The summed E-state index contributed by atoms with van der Waals surface area (Å²) in [7, 11) is 0. The highest BCUT2D eigenvalue weighted by Crippen LogP contribution is 2.27. The molecule has 1 fully saturated rings. The van der Waals surface area contributed by atoms with E-state index in [2.05, 4.69) is 0 Å². The Bertz CT molecular complexity index is 301. The lowest BCUT2D eigenvalue weighted by Crippen LogP contribution is -2.56. The minimum atomic E-state index is -4.18. The fourth-order valence-electron chi connectivity index (χ4n) is 2.37. The van der Waals surface area contributed by atoms with Crippen LogP contribution in [0.3, 0.4) is 0 Å². The second-order valence-corrected chi connectivity index (χ2v) is 5.12. The summed E-state index contributed by atoms with van der Waals surface area (Å²) in [5, 5.41) is 0. The van der Waals surface area contributed by atoms with Crippen molar-refractivity contribution in [1.82, 2.24) is 4.90 Å². The Morgan fingerprint density at radius 3 is 2.32 bits per heavy atom. The number of carbonyl (C=O) groups excluding carboxylic acids is 1. The molecule has 0 radical (unpaired) electrons. The molecule has 0 spiro atoms. The number of alkyl halides is 3. The summed E-state index contributed by atoms with van der Waals surface area (Å²) in [5.41, 5.74) is -0.657. The van der Waals surface area contributed by atoms with Gasteiger partial charge in [-0.15, -0.1) is 0 Å². The molecule has 0 N–H and O–H groups in total. The number of ketones is 1. The van der Waals surface area contributed by atoms with Gasteiger partial charge in [-0.25, -0.2) is 0 Å². The Balaban J connectivity index is 2.54. The van der Waals surface area contributed by atoms with Gasteiger partial charge in [0.15, 0.2) is 5.78 Å². The van der Waals surface area contributed by atoms with Crippen LogP contribution in [0.25, 0.3) is 0 Å². The van der Waals surface area contributed by atoms with Gasteiger partial charge in [0, 0.05) is 25.9 Å². The molecule has 0 bridgehead atoms. The first-order valence-corrected chi connectivity index (χ1v) is 6.72. The molecular formula is C13H22F3NO2. The van der Waals surface area contributed by atoms with E-state index in [9.17, 15) is 18.0 Å². The van der Waals surface area contributed by atoms with Crippen molar-refractivity contribution in [3.8, 4) is 0 Å². The fraction of sp³-hybridized carbons (Fsp3) is 0.923. The molecule has 0 aromatic carbocycles.